The summed E-state index contributed by atoms with van der Waals surface area (Å²) in [6.45, 7) is 0. The lowest BCUT2D eigenvalue weighted by molar-refractivity contribution is -0.126. The first-order valence-electron chi connectivity index (χ1n) is 3.68. The largest absolute Gasteiger partial charge is 0.405 e. The third-order valence-corrected chi connectivity index (χ3v) is 1.90. The normalized spacial score (nSPS) is 20.4. The fourth-order valence-corrected chi connectivity index (χ4v) is 1.25. The van der Waals surface area contributed by atoms with E-state index in [1.54, 1.807) is 6.08 Å². The zero-order valence-corrected chi connectivity index (χ0v) is 6.25. The second-order valence-electron chi connectivity index (χ2n) is 2.65. The van der Waals surface area contributed by atoms with Crippen molar-refractivity contribution in [3.05, 3.63) is 12.3 Å². The van der Waals surface area contributed by atoms with Gasteiger partial charge in [0.2, 0.25) is 0 Å². The highest BCUT2D eigenvalue weighted by atomic mass is 16.2. The number of nitrogens with two attached hydrogens (primary N) is 1. The Kier molecular flexibility index (Phi) is 2.41. The molecule has 1 aliphatic carbocycles. The number of carbonyl (C=O) groups excluding carboxylic acids is 2. The highest BCUT2D eigenvalue weighted by molar-refractivity contribution is 6.08. The predicted molar refractivity (Wildman–Crippen MR) is 40.7 cm³/mol. The van der Waals surface area contributed by atoms with Crippen molar-refractivity contribution in [1.82, 2.24) is 0 Å². The number of Topliss-reactive ketones (excluding diaryl/α,β-unsaturated/α-hetero) is 2. The van der Waals surface area contributed by atoms with Crippen molar-refractivity contribution in [1.29, 1.82) is 0 Å². The van der Waals surface area contributed by atoms with E-state index in [0.29, 0.717) is 19.3 Å². The van der Waals surface area contributed by atoms with E-state index in [-0.39, 0.29) is 11.6 Å². The molecular formula is C8H11NO2. The van der Waals surface area contributed by atoms with E-state index in [4.69, 9.17) is 5.73 Å². The van der Waals surface area contributed by atoms with Crippen molar-refractivity contribution in [3.8, 4) is 0 Å². The summed E-state index contributed by atoms with van der Waals surface area (Å²) in [6.07, 6.45) is 4.35. The Morgan fingerprint density at radius 3 is 2.36 bits per heavy atom. The summed E-state index contributed by atoms with van der Waals surface area (Å²) in [5, 5.41) is 0. The molecule has 0 aromatic carbocycles. The molecule has 60 valence electrons. The van der Waals surface area contributed by atoms with E-state index in [2.05, 4.69) is 0 Å². The second-order valence-corrected chi connectivity index (χ2v) is 2.65. The molecule has 1 rings (SSSR count). The van der Waals surface area contributed by atoms with Crippen LogP contribution < -0.4 is 5.73 Å². The number of hydrogen-bond donors (Lipinski definition) is 1. The summed E-state index contributed by atoms with van der Waals surface area (Å²) in [5.41, 5.74) is 5.09. The van der Waals surface area contributed by atoms with Crippen LogP contribution in [-0.2, 0) is 9.59 Å². The van der Waals surface area contributed by atoms with E-state index in [1.165, 1.54) is 6.20 Å². The Morgan fingerprint density at radius 2 is 1.91 bits per heavy atom. The standard InChI is InChI=1S/C8H11NO2/c9-5-1-2-6-7(10)3-4-8(6)11/h1,5-6H,2-4,9H2/b5-1+. The van der Waals surface area contributed by atoms with Gasteiger partial charge in [0.05, 0.1) is 5.92 Å². The van der Waals surface area contributed by atoms with Crippen molar-refractivity contribution in [3.63, 3.8) is 0 Å². The number of hydrogen-bond acceptors (Lipinski definition) is 3. The summed E-state index contributed by atoms with van der Waals surface area (Å²) in [6, 6.07) is 0. The molecule has 1 aliphatic rings. The SMILES string of the molecule is N/C=C/CC1C(=O)CCC1=O. The molecule has 3 nitrogen and oxygen atoms in total. The van der Waals surface area contributed by atoms with Crippen molar-refractivity contribution in [2.24, 2.45) is 11.7 Å². The van der Waals surface area contributed by atoms with Gasteiger partial charge in [0.15, 0.2) is 0 Å². The zero-order chi connectivity index (χ0) is 8.27. The van der Waals surface area contributed by atoms with Crippen LogP contribution in [0.15, 0.2) is 12.3 Å². The molecule has 0 radical (unpaired) electrons. The van der Waals surface area contributed by atoms with Crippen molar-refractivity contribution in [2.75, 3.05) is 0 Å². The molecule has 0 bridgehead atoms. The molecule has 3 heteroatoms. The predicted octanol–water partition coefficient (Wildman–Crippen LogP) is 0.397. The summed E-state index contributed by atoms with van der Waals surface area (Å²) >= 11 is 0. The van der Waals surface area contributed by atoms with Crippen LogP contribution in [0.2, 0.25) is 0 Å². The minimum Gasteiger partial charge on any atom is -0.405 e. The maximum atomic E-state index is 11.0. The van der Waals surface area contributed by atoms with Crippen molar-refractivity contribution in [2.45, 2.75) is 19.3 Å². The maximum absolute atomic E-state index is 11.0. The van der Waals surface area contributed by atoms with E-state index < -0.39 is 5.92 Å². The van der Waals surface area contributed by atoms with Gasteiger partial charge in [0.1, 0.15) is 11.6 Å². The van der Waals surface area contributed by atoms with E-state index in [1.807, 2.05) is 0 Å². The number of carbonyl (C=O) groups is 2. The first kappa shape index (κ1) is 7.98. The Bertz CT molecular complexity index is 192. The molecule has 0 spiro atoms. The highest BCUT2D eigenvalue weighted by Crippen LogP contribution is 2.20. The number of allylic oxidation sites excluding steroid dienone is 1. The minimum atomic E-state index is -0.394. The van der Waals surface area contributed by atoms with Crippen LogP contribution in [0.1, 0.15) is 19.3 Å². The second kappa shape index (κ2) is 3.32. The minimum absolute atomic E-state index is 0.0631. The van der Waals surface area contributed by atoms with Crippen LogP contribution >= 0.6 is 0 Å². The fourth-order valence-electron chi connectivity index (χ4n) is 1.25. The summed E-state index contributed by atoms with van der Waals surface area (Å²) in [7, 11) is 0. The monoisotopic (exact) mass is 153 g/mol. The van der Waals surface area contributed by atoms with Gasteiger partial charge in [-0.25, -0.2) is 0 Å². The average molecular weight is 153 g/mol. The third kappa shape index (κ3) is 1.67. The number of ketones is 2. The van der Waals surface area contributed by atoms with E-state index in [9.17, 15) is 9.59 Å². The molecule has 0 aromatic rings. The molecule has 0 aliphatic heterocycles. The first-order valence-corrected chi connectivity index (χ1v) is 3.68. The average Bonchev–Trinajstić information content (AvgIpc) is 2.29. The molecule has 0 unspecified atom stereocenters. The lowest BCUT2D eigenvalue weighted by Crippen LogP contribution is -2.12. The highest BCUT2D eigenvalue weighted by Gasteiger charge is 2.31. The van der Waals surface area contributed by atoms with Crippen LogP contribution in [-0.4, -0.2) is 11.6 Å². The molecule has 0 atom stereocenters. The van der Waals surface area contributed by atoms with Gasteiger partial charge < -0.3 is 5.73 Å². The van der Waals surface area contributed by atoms with Crippen molar-refractivity contribution < 1.29 is 9.59 Å². The Balaban J connectivity index is 2.54. The molecule has 0 saturated heterocycles. The van der Waals surface area contributed by atoms with Gasteiger partial charge in [-0.2, -0.15) is 0 Å². The van der Waals surface area contributed by atoms with Gasteiger partial charge in [0, 0.05) is 12.8 Å². The molecule has 11 heavy (non-hydrogen) atoms. The van der Waals surface area contributed by atoms with Gasteiger partial charge in [-0.05, 0) is 12.6 Å². The van der Waals surface area contributed by atoms with Gasteiger partial charge in [0.25, 0.3) is 0 Å². The van der Waals surface area contributed by atoms with Gasteiger partial charge >= 0.3 is 0 Å². The van der Waals surface area contributed by atoms with Crippen LogP contribution in [0.4, 0.5) is 0 Å². The summed E-state index contributed by atoms with van der Waals surface area (Å²) in [5.74, 6) is -0.268. The van der Waals surface area contributed by atoms with E-state index >= 15 is 0 Å². The fraction of sp³-hybridized carbons (Fsp3) is 0.500. The quantitative estimate of drug-likeness (QED) is 0.584. The van der Waals surface area contributed by atoms with Crippen LogP contribution in [0.25, 0.3) is 0 Å². The Hall–Kier alpha value is -1.12. The van der Waals surface area contributed by atoms with Gasteiger partial charge in [-0.1, -0.05) is 6.08 Å². The molecule has 2 N–H and O–H groups in total. The molecule has 0 aromatic heterocycles. The molecule has 0 amide bonds. The Labute approximate surface area is 65.3 Å². The van der Waals surface area contributed by atoms with Crippen LogP contribution in [0, 0.1) is 5.92 Å². The van der Waals surface area contributed by atoms with Crippen LogP contribution in [0.5, 0.6) is 0 Å². The lowest BCUT2D eigenvalue weighted by Gasteiger charge is -1.99. The molecule has 0 heterocycles. The summed E-state index contributed by atoms with van der Waals surface area (Å²) in [4.78, 5) is 22.0. The maximum Gasteiger partial charge on any atom is 0.144 e. The molecular weight excluding hydrogens is 142 g/mol. The molecule has 1 saturated carbocycles. The van der Waals surface area contributed by atoms with Gasteiger partial charge in [-0.15, -0.1) is 0 Å². The zero-order valence-electron chi connectivity index (χ0n) is 6.25. The first-order chi connectivity index (χ1) is 5.25. The number of rotatable bonds is 2. The van der Waals surface area contributed by atoms with Crippen molar-refractivity contribution >= 4 is 11.6 Å². The smallest absolute Gasteiger partial charge is 0.144 e. The topological polar surface area (TPSA) is 60.2 Å². The molecule has 1 fully saturated rings. The lowest BCUT2D eigenvalue weighted by atomic mass is 10.0. The van der Waals surface area contributed by atoms with Crippen LogP contribution in [0.3, 0.4) is 0 Å². The Morgan fingerprint density at radius 1 is 1.36 bits per heavy atom. The summed E-state index contributed by atoms with van der Waals surface area (Å²) < 4.78 is 0. The third-order valence-electron chi connectivity index (χ3n) is 1.90. The van der Waals surface area contributed by atoms with E-state index in [0.717, 1.165) is 0 Å². The van der Waals surface area contributed by atoms with Gasteiger partial charge in [-0.3, -0.25) is 9.59 Å².